The van der Waals surface area contributed by atoms with Crippen LogP contribution >= 0.6 is 11.8 Å². The zero-order valence-electron chi connectivity index (χ0n) is 14.7. The summed E-state index contributed by atoms with van der Waals surface area (Å²) in [6.45, 7) is 4.21. The van der Waals surface area contributed by atoms with Crippen molar-refractivity contribution in [1.29, 1.82) is 0 Å². The molecule has 0 aliphatic rings. The monoisotopic (exact) mass is 396 g/mol. The first-order valence-corrected chi connectivity index (χ1v) is 9.19. The summed E-state index contributed by atoms with van der Waals surface area (Å²) in [6.07, 6.45) is 3.38. The first kappa shape index (κ1) is 19.2. The van der Waals surface area contributed by atoms with Crippen LogP contribution in [0.25, 0.3) is 11.5 Å². The molecule has 0 aliphatic heterocycles. The van der Waals surface area contributed by atoms with Crippen LogP contribution in [0.2, 0.25) is 0 Å². The fourth-order valence-electron chi connectivity index (χ4n) is 2.40. The van der Waals surface area contributed by atoms with Crippen molar-refractivity contribution in [3.8, 4) is 11.5 Å². The van der Waals surface area contributed by atoms with Crippen LogP contribution in [0, 0.1) is 10.1 Å². The molecule has 1 amide bonds. The molecule has 0 saturated carbocycles. The number of nitrogens with one attached hydrogen (secondary N) is 1. The fraction of sp³-hybridized carbons (Fsp3) is 0.111. The van der Waals surface area contributed by atoms with Crippen LogP contribution in [0.4, 0.5) is 11.4 Å². The molecule has 3 rings (SSSR count). The van der Waals surface area contributed by atoms with E-state index in [2.05, 4.69) is 27.1 Å². The quantitative estimate of drug-likeness (QED) is 0.269. The van der Waals surface area contributed by atoms with E-state index in [9.17, 15) is 14.9 Å². The smallest absolute Gasteiger partial charge is 0.271 e. The Balaban J connectivity index is 1.69. The molecule has 3 aromatic rings. The largest absolute Gasteiger partial charge is 0.325 e. The van der Waals surface area contributed by atoms with Gasteiger partial charge in [-0.15, -0.1) is 16.8 Å². The first-order chi connectivity index (χ1) is 13.6. The number of carbonyl (C=O) groups excluding carboxylic acids is 1. The normalized spacial score (nSPS) is 10.4. The summed E-state index contributed by atoms with van der Waals surface area (Å²) < 4.78 is 1.82. The van der Waals surface area contributed by atoms with Gasteiger partial charge in [-0.05, 0) is 18.2 Å². The van der Waals surface area contributed by atoms with Crippen LogP contribution in [0.3, 0.4) is 0 Å². The summed E-state index contributed by atoms with van der Waals surface area (Å²) in [4.78, 5) is 26.8. The summed E-state index contributed by atoms with van der Waals surface area (Å²) in [5.74, 6) is 0.348. The van der Waals surface area contributed by atoms with Gasteiger partial charge in [0.25, 0.3) is 5.69 Å². The molecule has 0 radical (unpaired) electrons. The molecule has 28 heavy (non-hydrogen) atoms. The maximum Gasteiger partial charge on any atom is 0.271 e. The van der Waals surface area contributed by atoms with Crippen molar-refractivity contribution in [2.45, 2.75) is 11.7 Å². The maximum atomic E-state index is 12.2. The van der Waals surface area contributed by atoms with E-state index in [-0.39, 0.29) is 17.3 Å². The molecule has 0 aliphatic carbocycles. The lowest BCUT2D eigenvalue weighted by atomic mass is 10.3. The Bertz CT molecular complexity index is 1010. The van der Waals surface area contributed by atoms with Crippen molar-refractivity contribution in [3.05, 3.63) is 71.4 Å². The number of nitrogens with zero attached hydrogens (tertiary/aromatic N) is 5. The van der Waals surface area contributed by atoms with Crippen molar-refractivity contribution < 1.29 is 9.72 Å². The topological polar surface area (TPSA) is 116 Å². The van der Waals surface area contributed by atoms with Gasteiger partial charge in [0, 0.05) is 30.6 Å². The molecule has 142 valence electrons. The second-order valence-electron chi connectivity index (χ2n) is 5.56. The highest BCUT2D eigenvalue weighted by molar-refractivity contribution is 7.99. The molecule has 2 aromatic heterocycles. The summed E-state index contributed by atoms with van der Waals surface area (Å²) in [5.41, 5.74) is 0.947. The third kappa shape index (κ3) is 4.60. The zero-order valence-corrected chi connectivity index (χ0v) is 15.5. The number of hydrogen-bond donors (Lipinski definition) is 1. The van der Waals surface area contributed by atoms with Gasteiger partial charge in [-0.2, -0.15) is 0 Å². The van der Waals surface area contributed by atoms with Gasteiger partial charge in [-0.25, -0.2) is 0 Å². The van der Waals surface area contributed by atoms with Gasteiger partial charge in [-0.1, -0.05) is 30.0 Å². The van der Waals surface area contributed by atoms with Gasteiger partial charge in [0.15, 0.2) is 11.0 Å². The van der Waals surface area contributed by atoms with E-state index in [4.69, 9.17) is 0 Å². The molecule has 9 nitrogen and oxygen atoms in total. The van der Waals surface area contributed by atoms with Crippen LogP contribution in [0.15, 0.2) is 66.5 Å². The van der Waals surface area contributed by atoms with E-state index in [0.717, 1.165) is 0 Å². The van der Waals surface area contributed by atoms with Gasteiger partial charge in [0.1, 0.15) is 5.69 Å². The van der Waals surface area contributed by atoms with Crippen molar-refractivity contribution in [3.63, 3.8) is 0 Å². The molecule has 1 aromatic carbocycles. The number of thioether (sulfide) groups is 1. The minimum Gasteiger partial charge on any atom is -0.325 e. The van der Waals surface area contributed by atoms with Gasteiger partial charge in [0.2, 0.25) is 5.91 Å². The summed E-state index contributed by atoms with van der Waals surface area (Å²) in [7, 11) is 0. The summed E-state index contributed by atoms with van der Waals surface area (Å²) in [6, 6.07) is 11.3. The predicted octanol–water partition coefficient (Wildman–Crippen LogP) is 3.17. The number of nitro benzene ring substituents is 1. The highest BCUT2D eigenvalue weighted by atomic mass is 32.2. The molecule has 0 fully saturated rings. The molecule has 0 atom stereocenters. The van der Waals surface area contributed by atoms with Gasteiger partial charge in [-0.3, -0.25) is 24.5 Å². The maximum absolute atomic E-state index is 12.2. The number of aromatic nitrogens is 4. The Labute approximate surface area is 164 Å². The van der Waals surface area contributed by atoms with Gasteiger partial charge >= 0.3 is 0 Å². The molecule has 2 heterocycles. The molecular weight excluding hydrogens is 380 g/mol. The summed E-state index contributed by atoms with van der Waals surface area (Å²) >= 11 is 1.21. The molecule has 10 heteroatoms. The Morgan fingerprint density at radius 2 is 2.14 bits per heavy atom. The molecular formula is C18H16N6O3S. The van der Waals surface area contributed by atoms with Crippen molar-refractivity contribution >= 4 is 29.0 Å². The van der Waals surface area contributed by atoms with Gasteiger partial charge < -0.3 is 5.32 Å². The third-order valence-electron chi connectivity index (χ3n) is 3.60. The highest BCUT2D eigenvalue weighted by Crippen LogP contribution is 2.23. The van der Waals surface area contributed by atoms with Crippen LogP contribution in [-0.2, 0) is 11.3 Å². The molecule has 0 saturated heterocycles. The number of carbonyl (C=O) groups is 1. The number of hydrogen-bond acceptors (Lipinski definition) is 7. The average Bonchev–Trinajstić information content (AvgIpc) is 3.10. The Hall–Kier alpha value is -3.53. The summed E-state index contributed by atoms with van der Waals surface area (Å²) in [5, 5.41) is 22.3. The number of rotatable bonds is 8. The number of amides is 1. The van der Waals surface area contributed by atoms with Gasteiger partial charge in [0.05, 0.1) is 10.7 Å². The van der Waals surface area contributed by atoms with Crippen molar-refractivity contribution in [1.82, 2.24) is 19.7 Å². The second kappa shape index (κ2) is 8.91. The number of non-ortho nitro benzene ring substituents is 1. The molecule has 1 N–H and O–H groups in total. The minimum atomic E-state index is -0.513. The standard InChI is InChI=1S/C18H16N6O3S/c1-2-10-23-17(15-8-3-4-9-19-15)21-22-18(23)28-12-16(25)20-13-6-5-7-14(11-13)24(26)27/h2-9,11H,1,10,12H2,(H,20,25). The van der Waals surface area contributed by atoms with E-state index < -0.39 is 4.92 Å². The Morgan fingerprint density at radius 3 is 2.86 bits per heavy atom. The number of allylic oxidation sites excluding steroid dienone is 1. The number of pyridine rings is 1. The third-order valence-corrected chi connectivity index (χ3v) is 4.56. The van der Waals surface area contributed by atoms with Crippen LogP contribution in [0.5, 0.6) is 0 Å². The molecule has 0 unspecified atom stereocenters. The van der Waals surface area contributed by atoms with Crippen LogP contribution < -0.4 is 5.32 Å². The lowest BCUT2D eigenvalue weighted by Gasteiger charge is -2.08. The Morgan fingerprint density at radius 1 is 1.29 bits per heavy atom. The SMILES string of the molecule is C=CCn1c(SCC(=O)Nc2cccc([N+](=O)[O-])c2)nnc1-c1ccccn1. The van der Waals surface area contributed by atoms with Crippen LogP contribution in [-0.4, -0.2) is 36.3 Å². The minimum absolute atomic E-state index is 0.0696. The lowest BCUT2D eigenvalue weighted by Crippen LogP contribution is -2.14. The number of nitro groups is 1. The lowest BCUT2D eigenvalue weighted by molar-refractivity contribution is -0.384. The molecule has 0 spiro atoms. The second-order valence-corrected chi connectivity index (χ2v) is 6.51. The van der Waals surface area contributed by atoms with Crippen LogP contribution in [0.1, 0.15) is 0 Å². The zero-order chi connectivity index (χ0) is 19.9. The number of anilines is 1. The predicted molar refractivity (Wildman–Crippen MR) is 106 cm³/mol. The fourth-order valence-corrected chi connectivity index (χ4v) is 3.15. The Kier molecular flexibility index (Phi) is 6.12. The van der Waals surface area contributed by atoms with E-state index in [1.54, 1.807) is 18.3 Å². The van der Waals surface area contributed by atoms with Crippen molar-refractivity contribution in [2.24, 2.45) is 0 Å². The average molecular weight is 396 g/mol. The molecule has 0 bridgehead atoms. The highest BCUT2D eigenvalue weighted by Gasteiger charge is 2.16. The van der Waals surface area contributed by atoms with E-state index in [1.165, 1.54) is 30.0 Å². The van der Waals surface area contributed by atoms with E-state index >= 15 is 0 Å². The van der Waals surface area contributed by atoms with E-state index in [1.807, 2.05) is 22.8 Å². The van der Waals surface area contributed by atoms with Crippen molar-refractivity contribution in [2.75, 3.05) is 11.1 Å². The number of benzene rings is 1. The first-order valence-electron chi connectivity index (χ1n) is 8.21. The van der Waals surface area contributed by atoms with E-state index in [0.29, 0.717) is 28.9 Å².